The highest BCUT2D eigenvalue weighted by Crippen LogP contribution is 2.35. The first kappa shape index (κ1) is 15.6. The smallest absolute Gasteiger partial charge is 0.233 e. The SMILES string of the molecule is CCC1c2ccsc2CCN1C(=O)CSCc1ccccc1. The summed E-state index contributed by atoms with van der Waals surface area (Å²) < 4.78 is 0. The molecule has 0 fully saturated rings. The van der Waals surface area contributed by atoms with Crippen molar-refractivity contribution in [2.75, 3.05) is 12.3 Å². The normalized spacial score (nSPS) is 17.3. The second-order valence-electron chi connectivity index (χ2n) is 5.54. The van der Waals surface area contributed by atoms with E-state index in [0.717, 1.165) is 25.1 Å². The molecule has 1 aromatic carbocycles. The van der Waals surface area contributed by atoms with Gasteiger partial charge in [-0.2, -0.15) is 0 Å². The number of amides is 1. The summed E-state index contributed by atoms with van der Waals surface area (Å²) in [5, 5.41) is 2.16. The van der Waals surface area contributed by atoms with Gasteiger partial charge in [0.25, 0.3) is 0 Å². The summed E-state index contributed by atoms with van der Waals surface area (Å²) in [5.74, 6) is 1.76. The predicted octanol–water partition coefficient (Wildman–Crippen LogP) is 4.52. The van der Waals surface area contributed by atoms with Crippen LogP contribution in [0.5, 0.6) is 0 Å². The van der Waals surface area contributed by atoms with E-state index in [0.29, 0.717) is 5.75 Å². The van der Waals surface area contributed by atoms with Crippen LogP contribution in [0, 0.1) is 0 Å². The second kappa shape index (κ2) is 7.34. The van der Waals surface area contributed by atoms with E-state index in [1.54, 1.807) is 11.8 Å². The van der Waals surface area contributed by atoms with Crippen molar-refractivity contribution in [1.82, 2.24) is 4.90 Å². The maximum absolute atomic E-state index is 12.6. The van der Waals surface area contributed by atoms with Crippen LogP contribution < -0.4 is 0 Å². The predicted molar refractivity (Wildman–Crippen MR) is 95.4 cm³/mol. The number of benzene rings is 1. The van der Waals surface area contributed by atoms with E-state index in [1.807, 2.05) is 29.5 Å². The first-order chi connectivity index (χ1) is 10.8. The summed E-state index contributed by atoms with van der Waals surface area (Å²) in [5.41, 5.74) is 2.66. The Labute approximate surface area is 140 Å². The molecule has 0 saturated carbocycles. The molecule has 1 aliphatic rings. The molecule has 0 N–H and O–H groups in total. The van der Waals surface area contributed by atoms with E-state index >= 15 is 0 Å². The van der Waals surface area contributed by atoms with E-state index in [4.69, 9.17) is 0 Å². The second-order valence-corrected chi connectivity index (χ2v) is 7.52. The molecule has 116 valence electrons. The van der Waals surface area contributed by atoms with Gasteiger partial charge >= 0.3 is 0 Å². The van der Waals surface area contributed by atoms with Gasteiger partial charge in [-0.1, -0.05) is 37.3 Å². The fourth-order valence-corrected chi connectivity index (χ4v) is 4.85. The minimum atomic E-state index is 0.278. The molecular weight excluding hydrogens is 310 g/mol. The largest absolute Gasteiger partial charge is 0.335 e. The number of hydrogen-bond acceptors (Lipinski definition) is 3. The van der Waals surface area contributed by atoms with Gasteiger partial charge in [-0.15, -0.1) is 23.1 Å². The van der Waals surface area contributed by atoms with E-state index in [1.165, 1.54) is 16.0 Å². The Kier molecular flexibility index (Phi) is 5.21. The van der Waals surface area contributed by atoms with E-state index in [9.17, 15) is 4.79 Å². The molecule has 1 unspecified atom stereocenters. The van der Waals surface area contributed by atoms with Crippen LogP contribution in [0.25, 0.3) is 0 Å². The molecule has 2 nitrogen and oxygen atoms in total. The van der Waals surface area contributed by atoms with Gasteiger partial charge in [0.1, 0.15) is 0 Å². The number of nitrogens with zero attached hydrogens (tertiary/aromatic N) is 1. The maximum Gasteiger partial charge on any atom is 0.233 e. The van der Waals surface area contributed by atoms with Crippen molar-refractivity contribution in [3.05, 3.63) is 57.8 Å². The van der Waals surface area contributed by atoms with Crippen molar-refractivity contribution >= 4 is 29.0 Å². The van der Waals surface area contributed by atoms with Crippen LogP contribution in [-0.4, -0.2) is 23.1 Å². The van der Waals surface area contributed by atoms with Crippen molar-refractivity contribution in [2.45, 2.75) is 31.6 Å². The fourth-order valence-electron chi connectivity index (χ4n) is 3.05. The van der Waals surface area contributed by atoms with Gasteiger partial charge in [-0.3, -0.25) is 4.79 Å². The average molecular weight is 332 g/mol. The topological polar surface area (TPSA) is 20.3 Å². The third kappa shape index (κ3) is 3.39. The van der Waals surface area contributed by atoms with Crippen molar-refractivity contribution in [2.24, 2.45) is 0 Å². The molecule has 0 bridgehead atoms. The number of rotatable bonds is 5. The zero-order valence-corrected chi connectivity index (χ0v) is 14.5. The van der Waals surface area contributed by atoms with E-state index < -0.39 is 0 Å². The molecular formula is C18H21NOS2. The van der Waals surface area contributed by atoms with Crippen LogP contribution >= 0.6 is 23.1 Å². The highest BCUT2D eigenvalue weighted by atomic mass is 32.2. The van der Waals surface area contributed by atoms with Crippen molar-refractivity contribution in [3.8, 4) is 0 Å². The number of hydrogen-bond donors (Lipinski definition) is 0. The summed E-state index contributed by atoms with van der Waals surface area (Å²) in [7, 11) is 0. The van der Waals surface area contributed by atoms with Crippen LogP contribution in [0.2, 0.25) is 0 Å². The average Bonchev–Trinajstić information content (AvgIpc) is 3.03. The lowest BCUT2D eigenvalue weighted by Crippen LogP contribution is -2.40. The zero-order valence-electron chi connectivity index (χ0n) is 12.8. The van der Waals surface area contributed by atoms with Crippen LogP contribution in [0.4, 0.5) is 0 Å². The summed E-state index contributed by atoms with van der Waals surface area (Å²) in [6.45, 7) is 3.05. The molecule has 4 heteroatoms. The number of fused-ring (bicyclic) bond motifs is 1. The molecule has 1 aromatic heterocycles. The molecule has 2 heterocycles. The van der Waals surface area contributed by atoms with Gasteiger partial charge in [0.05, 0.1) is 11.8 Å². The van der Waals surface area contributed by atoms with E-state index in [2.05, 4.69) is 35.4 Å². The van der Waals surface area contributed by atoms with Crippen LogP contribution in [0.15, 0.2) is 41.8 Å². The van der Waals surface area contributed by atoms with Gasteiger partial charge in [0.2, 0.25) is 5.91 Å². The molecule has 1 amide bonds. The minimum Gasteiger partial charge on any atom is -0.335 e. The Hall–Kier alpha value is -1.26. The molecule has 3 rings (SSSR count). The summed E-state index contributed by atoms with van der Waals surface area (Å²) in [4.78, 5) is 16.2. The quantitative estimate of drug-likeness (QED) is 0.803. The lowest BCUT2D eigenvalue weighted by Gasteiger charge is -2.35. The molecule has 0 radical (unpaired) electrons. The maximum atomic E-state index is 12.6. The zero-order chi connectivity index (χ0) is 15.4. The van der Waals surface area contributed by atoms with Crippen molar-refractivity contribution < 1.29 is 4.79 Å². The van der Waals surface area contributed by atoms with Crippen LogP contribution in [-0.2, 0) is 17.0 Å². The van der Waals surface area contributed by atoms with Gasteiger partial charge < -0.3 is 4.90 Å². The van der Waals surface area contributed by atoms with E-state index in [-0.39, 0.29) is 11.9 Å². The lowest BCUT2D eigenvalue weighted by molar-refractivity contribution is -0.131. The number of carbonyl (C=O) groups excluding carboxylic acids is 1. The monoisotopic (exact) mass is 331 g/mol. The lowest BCUT2D eigenvalue weighted by atomic mass is 9.98. The van der Waals surface area contributed by atoms with Crippen molar-refractivity contribution in [1.29, 1.82) is 0 Å². The molecule has 1 aliphatic heterocycles. The van der Waals surface area contributed by atoms with Crippen LogP contribution in [0.3, 0.4) is 0 Å². The summed E-state index contributed by atoms with van der Waals surface area (Å²) in [6, 6.07) is 12.8. The van der Waals surface area contributed by atoms with Crippen molar-refractivity contribution in [3.63, 3.8) is 0 Å². The number of thioether (sulfide) groups is 1. The first-order valence-corrected chi connectivity index (χ1v) is 9.80. The van der Waals surface area contributed by atoms with Gasteiger partial charge in [-0.25, -0.2) is 0 Å². The number of thiophene rings is 1. The molecule has 0 saturated heterocycles. The third-order valence-corrected chi connectivity index (χ3v) is 6.12. The fraction of sp³-hybridized carbons (Fsp3) is 0.389. The highest BCUT2D eigenvalue weighted by Gasteiger charge is 2.29. The molecule has 0 spiro atoms. The standard InChI is InChI=1S/C18H21NOS2/c1-2-16-15-9-11-22-17(15)8-10-19(16)18(20)13-21-12-14-6-4-3-5-7-14/h3-7,9,11,16H,2,8,10,12-13H2,1H3. The molecule has 1 atom stereocenters. The number of carbonyl (C=O) groups is 1. The van der Waals surface area contributed by atoms with Gasteiger partial charge in [0.15, 0.2) is 0 Å². The van der Waals surface area contributed by atoms with Crippen LogP contribution in [0.1, 0.15) is 35.4 Å². The Morgan fingerprint density at radius 1 is 1.32 bits per heavy atom. The molecule has 22 heavy (non-hydrogen) atoms. The molecule has 0 aliphatic carbocycles. The Bertz CT molecular complexity index is 623. The summed E-state index contributed by atoms with van der Waals surface area (Å²) in [6.07, 6.45) is 2.01. The Balaban J connectivity index is 1.58. The van der Waals surface area contributed by atoms with Gasteiger partial charge in [0, 0.05) is 17.2 Å². The first-order valence-electron chi connectivity index (χ1n) is 7.77. The highest BCUT2D eigenvalue weighted by molar-refractivity contribution is 7.99. The molecule has 2 aromatic rings. The summed E-state index contributed by atoms with van der Waals surface area (Å²) >= 11 is 3.55. The third-order valence-electron chi connectivity index (χ3n) is 4.14. The Morgan fingerprint density at radius 3 is 2.91 bits per heavy atom. The van der Waals surface area contributed by atoms with Gasteiger partial charge in [-0.05, 0) is 35.4 Å². The minimum absolute atomic E-state index is 0.278. The Morgan fingerprint density at radius 2 is 2.14 bits per heavy atom.